The van der Waals surface area contributed by atoms with E-state index in [2.05, 4.69) is 0 Å². The lowest BCUT2D eigenvalue weighted by molar-refractivity contribution is -0.137. The lowest BCUT2D eigenvalue weighted by Crippen LogP contribution is -2.12. The molecule has 1 unspecified atom stereocenters. The number of rotatable bonds is 6. The van der Waals surface area contributed by atoms with Crippen molar-refractivity contribution in [1.82, 2.24) is 4.98 Å². The van der Waals surface area contributed by atoms with Gasteiger partial charge in [0, 0.05) is 21.7 Å². The van der Waals surface area contributed by atoms with Gasteiger partial charge in [-0.3, -0.25) is 4.98 Å². The lowest BCUT2D eigenvalue weighted by atomic mass is 9.84. The van der Waals surface area contributed by atoms with Crippen molar-refractivity contribution in [3.63, 3.8) is 0 Å². The Morgan fingerprint density at radius 3 is 2.08 bits per heavy atom. The second-order valence-corrected chi connectivity index (χ2v) is 9.30. The van der Waals surface area contributed by atoms with Crippen molar-refractivity contribution in [2.75, 3.05) is 0 Å². The van der Waals surface area contributed by atoms with Gasteiger partial charge in [-0.2, -0.15) is 13.2 Å². The molecule has 0 spiro atoms. The first-order chi connectivity index (χ1) is 17.5. The van der Waals surface area contributed by atoms with Crippen LogP contribution in [-0.2, 0) is 12.8 Å². The summed E-state index contributed by atoms with van der Waals surface area (Å²) in [5, 5.41) is 10.9. The molecule has 1 heterocycles. The van der Waals surface area contributed by atoms with E-state index in [0.717, 1.165) is 24.3 Å². The molecule has 192 valence electrons. The molecule has 2 nitrogen and oxygen atoms in total. The van der Waals surface area contributed by atoms with Gasteiger partial charge in [0.25, 0.3) is 0 Å². The standard InChI is InChI=1S/C29H23ClF5NO/c1-16(2)27-25(26(32)18-7-11-19(12-8-18)29(33,34)35)24(17-9-13-20(31)14-10-17)22(15-37)28(36-27)21-5-3-4-6-23(21)30/h3-14,16,26,37H,15H2,1-2H3. The van der Waals surface area contributed by atoms with Crippen LogP contribution in [0, 0.1) is 5.82 Å². The first-order valence-electron chi connectivity index (χ1n) is 11.5. The highest BCUT2D eigenvalue weighted by atomic mass is 35.5. The van der Waals surface area contributed by atoms with Crippen LogP contribution in [0.2, 0.25) is 5.02 Å². The molecular formula is C29H23ClF5NO. The Morgan fingerprint density at radius 2 is 1.54 bits per heavy atom. The van der Waals surface area contributed by atoms with Crippen LogP contribution < -0.4 is 0 Å². The third kappa shape index (κ3) is 5.38. The summed E-state index contributed by atoms with van der Waals surface area (Å²) in [5.41, 5.74) is 1.41. The number of aliphatic hydroxyl groups is 1. The molecule has 0 aliphatic heterocycles. The van der Waals surface area contributed by atoms with Crippen molar-refractivity contribution in [2.24, 2.45) is 0 Å². The molecule has 4 aromatic rings. The smallest absolute Gasteiger partial charge is 0.392 e. The van der Waals surface area contributed by atoms with E-state index in [1.165, 1.54) is 24.3 Å². The lowest BCUT2D eigenvalue weighted by Gasteiger charge is -2.25. The highest BCUT2D eigenvalue weighted by Gasteiger charge is 2.32. The zero-order valence-electron chi connectivity index (χ0n) is 20.0. The van der Waals surface area contributed by atoms with Crippen LogP contribution >= 0.6 is 11.6 Å². The fourth-order valence-corrected chi connectivity index (χ4v) is 4.56. The summed E-state index contributed by atoms with van der Waals surface area (Å²) in [5.74, 6) is -0.810. The molecule has 0 aliphatic rings. The van der Waals surface area contributed by atoms with Crippen LogP contribution in [0.15, 0.2) is 72.8 Å². The van der Waals surface area contributed by atoms with Gasteiger partial charge in [0.05, 0.1) is 23.6 Å². The van der Waals surface area contributed by atoms with E-state index in [9.17, 15) is 22.7 Å². The van der Waals surface area contributed by atoms with E-state index >= 15 is 4.39 Å². The molecule has 1 N–H and O–H groups in total. The monoisotopic (exact) mass is 531 g/mol. The van der Waals surface area contributed by atoms with Gasteiger partial charge < -0.3 is 5.11 Å². The number of nitrogens with zero attached hydrogens (tertiary/aromatic N) is 1. The molecular weight excluding hydrogens is 509 g/mol. The third-order valence-corrected chi connectivity index (χ3v) is 6.45. The molecule has 0 saturated carbocycles. The van der Waals surface area contributed by atoms with Gasteiger partial charge in [0.2, 0.25) is 0 Å². The predicted octanol–water partition coefficient (Wildman–Crippen LogP) is 8.90. The third-order valence-electron chi connectivity index (χ3n) is 6.12. The van der Waals surface area contributed by atoms with Gasteiger partial charge >= 0.3 is 6.18 Å². The second kappa shape index (κ2) is 10.6. The van der Waals surface area contributed by atoms with E-state index in [1.807, 2.05) is 13.8 Å². The SMILES string of the molecule is CC(C)c1nc(-c2ccccc2Cl)c(CO)c(-c2ccc(F)cc2)c1C(F)c1ccc(C(F)(F)F)cc1. The van der Waals surface area contributed by atoms with Crippen molar-refractivity contribution in [2.45, 2.75) is 38.7 Å². The fraction of sp³-hybridized carbons (Fsp3) is 0.207. The molecule has 0 amide bonds. The van der Waals surface area contributed by atoms with Crippen molar-refractivity contribution >= 4 is 11.6 Å². The molecule has 0 bridgehead atoms. The molecule has 1 atom stereocenters. The summed E-state index contributed by atoms with van der Waals surface area (Å²) in [6.07, 6.45) is -6.44. The Morgan fingerprint density at radius 1 is 0.919 bits per heavy atom. The van der Waals surface area contributed by atoms with Gasteiger partial charge in [-0.25, -0.2) is 8.78 Å². The van der Waals surface area contributed by atoms with Crippen LogP contribution in [0.3, 0.4) is 0 Å². The van der Waals surface area contributed by atoms with Gasteiger partial charge in [-0.1, -0.05) is 67.9 Å². The number of halogens is 6. The largest absolute Gasteiger partial charge is 0.416 e. The van der Waals surface area contributed by atoms with Crippen molar-refractivity contribution in [3.8, 4) is 22.4 Å². The Kier molecular flexibility index (Phi) is 7.67. The first kappa shape index (κ1) is 26.8. The predicted molar refractivity (Wildman–Crippen MR) is 134 cm³/mol. The number of hydrogen-bond acceptors (Lipinski definition) is 2. The van der Waals surface area contributed by atoms with Crippen LogP contribution in [0.25, 0.3) is 22.4 Å². The van der Waals surface area contributed by atoms with E-state index in [4.69, 9.17) is 16.6 Å². The number of alkyl halides is 4. The maximum absolute atomic E-state index is 16.4. The molecule has 37 heavy (non-hydrogen) atoms. The van der Waals surface area contributed by atoms with E-state index in [-0.39, 0.29) is 22.6 Å². The topological polar surface area (TPSA) is 33.1 Å². The zero-order valence-corrected chi connectivity index (χ0v) is 20.7. The highest BCUT2D eigenvalue weighted by molar-refractivity contribution is 6.33. The first-order valence-corrected chi connectivity index (χ1v) is 11.9. The number of pyridine rings is 1. The molecule has 0 aliphatic carbocycles. The quantitative estimate of drug-likeness (QED) is 0.252. The van der Waals surface area contributed by atoms with Gasteiger partial charge in [0.15, 0.2) is 6.17 Å². The van der Waals surface area contributed by atoms with Crippen LogP contribution in [-0.4, -0.2) is 10.1 Å². The molecule has 1 aromatic heterocycles. The number of aliphatic hydroxyl groups excluding tert-OH is 1. The summed E-state index contributed by atoms with van der Waals surface area (Å²) >= 11 is 6.45. The number of aromatic nitrogens is 1. The van der Waals surface area contributed by atoms with Crippen LogP contribution in [0.4, 0.5) is 22.0 Å². The summed E-state index contributed by atoms with van der Waals surface area (Å²) in [4.78, 5) is 4.74. The molecule has 0 radical (unpaired) electrons. The molecule has 0 fully saturated rings. The zero-order chi connectivity index (χ0) is 26.9. The van der Waals surface area contributed by atoms with Crippen molar-refractivity contribution < 1.29 is 27.1 Å². The molecule has 0 saturated heterocycles. The molecule has 4 rings (SSSR count). The number of benzene rings is 3. The van der Waals surface area contributed by atoms with Gasteiger partial charge in [-0.15, -0.1) is 0 Å². The Balaban J connectivity index is 2.05. The van der Waals surface area contributed by atoms with E-state index in [1.54, 1.807) is 24.3 Å². The highest BCUT2D eigenvalue weighted by Crippen LogP contribution is 2.45. The summed E-state index contributed by atoms with van der Waals surface area (Å²) in [7, 11) is 0. The Bertz CT molecular complexity index is 1400. The maximum atomic E-state index is 16.4. The normalized spacial score (nSPS) is 12.7. The average molecular weight is 532 g/mol. The summed E-state index contributed by atoms with van der Waals surface area (Å²) in [6.45, 7) is 3.09. The fourth-order valence-electron chi connectivity index (χ4n) is 4.34. The van der Waals surface area contributed by atoms with Gasteiger partial charge in [0.1, 0.15) is 5.82 Å². The summed E-state index contributed by atoms with van der Waals surface area (Å²) < 4.78 is 69.5. The van der Waals surface area contributed by atoms with Crippen LogP contribution in [0.1, 0.15) is 53.9 Å². The minimum Gasteiger partial charge on any atom is -0.392 e. The molecule has 8 heteroatoms. The molecule has 3 aromatic carbocycles. The minimum absolute atomic E-state index is 0.00514. The van der Waals surface area contributed by atoms with E-state index < -0.39 is 30.3 Å². The van der Waals surface area contributed by atoms with E-state index in [0.29, 0.717) is 33.1 Å². The number of hydrogen-bond donors (Lipinski definition) is 1. The van der Waals surface area contributed by atoms with Crippen molar-refractivity contribution in [1.29, 1.82) is 0 Å². The van der Waals surface area contributed by atoms with Crippen molar-refractivity contribution in [3.05, 3.63) is 112 Å². The summed E-state index contributed by atoms with van der Waals surface area (Å²) in [6, 6.07) is 16.1. The van der Waals surface area contributed by atoms with Gasteiger partial charge in [-0.05, 0) is 52.9 Å². The average Bonchev–Trinajstić information content (AvgIpc) is 2.87. The Labute approximate surface area is 216 Å². The van der Waals surface area contributed by atoms with Crippen LogP contribution in [0.5, 0.6) is 0 Å². The Hall–Kier alpha value is -3.29. The minimum atomic E-state index is -4.56. The maximum Gasteiger partial charge on any atom is 0.416 e. The second-order valence-electron chi connectivity index (χ2n) is 8.89.